The van der Waals surface area contributed by atoms with Gasteiger partial charge in [0.1, 0.15) is 0 Å². The number of carbonyl (C=O) groups excluding carboxylic acids is 1. The van der Waals surface area contributed by atoms with Crippen molar-refractivity contribution in [1.29, 1.82) is 0 Å². The van der Waals surface area contributed by atoms with Crippen LogP contribution in [0.2, 0.25) is 0 Å². The van der Waals surface area contributed by atoms with Crippen LogP contribution in [-0.4, -0.2) is 19.5 Å². The SMILES string of the molecule is O=C(c1ccccc1)c1ccc(CNS(=O)(=O)C2CCCCC2)s1. The monoisotopic (exact) mass is 363 g/mol. The van der Waals surface area contributed by atoms with Crippen molar-refractivity contribution >= 4 is 27.1 Å². The van der Waals surface area contributed by atoms with Gasteiger partial charge in [-0.3, -0.25) is 4.79 Å². The Kier molecular flexibility index (Phi) is 5.48. The summed E-state index contributed by atoms with van der Waals surface area (Å²) in [6, 6.07) is 12.7. The molecule has 6 heteroatoms. The van der Waals surface area contributed by atoms with E-state index in [1.165, 1.54) is 11.3 Å². The predicted molar refractivity (Wildman–Crippen MR) is 96.8 cm³/mol. The van der Waals surface area contributed by atoms with Gasteiger partial charge < -0.3 is 0 Å². The van der Waals surface area contributed by atoms with E-state index in [9.17, 15) is 13.2 Å². The number of thiophene rings is 1. The van der Waals surface area contributed by atoms with Crippen molar-refractivity contribution < 1.29 is 13.2 Å². The smallest absolute Gasteiger partial charge is 0.214 e. The Labute approximate surface area is 147 Å². The van der Waals surface area contributed by atoms with Crippen molar-refractivity contribution in [3.63, 3.8) is 0 Å². The van der Waals surface area contributed by atoms with Gasteiger partial charge in [0.15, 0.2) is 0 Å². The molecule has 1 heterocycles. The molecule has 1 aromatic heterocycles. The maximum atomic E-state index is 12.4. The molecule has 0 atom stereocenters. The van der Waals surface area contributed by atoms with Gasteiger partial charge in [-0.1, -0.05) is 49.6 Å². The molecule has 128 valence electrons. The third kappa shape index (κ3) is 4.12. The van der Waals surface area contributed by atoms with Crippen molar-refractivity contribution in [3.05, 3.63) is 57.8 Å². The fourth-order valence-electron chi connectivity index (χ4n) is 2.99. The van der Waals surface area contributed by atoms with Crippen molar-refractivity contribution in [2.75, 3.05) is 0 Å². The lowest BCUT2D eigenvalue weighted by molar-refractivity contribution is 0.104. The van der Waals surface area contributed by atoms with Crippen LogP contribution < -0.4 is 4.72 Å². The lowest BCUT2D eigenvalue weighted by atomic mass is 10.0. The van der Waals surface area contributed by atoms with Gasteiger partial charge >= 0.3 is 0 Å². The van der Waals surface area contributed by atoms with Crippen molar-refractivity contribution in [2.45, 2.75) is 43.9 Å². The number of rotatable bonds is 6. The minimum atomic E-state index is -3.27. The summed E-state index contributed by atoms with van der Waals surface area (Å²) >= 11 is 1.35. The number of benzene rings is 1. The number of sulfonamides is 1. The highest BCUT2D eigenvalue weighted by molar-refractivity contribution is 7.90. The van der Waals surface area contributed by atoms with Crippen LogP contribution in [0.5, 0.6) is 0 Å². The van der Waals surface area contributed by atoms with Gasteiger partial charge in [-0.2, -0.15) is 0 Å². The summed E-state index contributed by atoms with van der Waals surface area (Å²) < 4.78 is 27.4. The number of ketones is 1. The first-order chi connectivity index (χ1) is 11.6. The van der Waals surface area contributed by atoms with Crippen LogP contribution in [0.3, 0.4) is 0 Å². The van der Waals surface area contributed by atoms with Crippen LogP contribution in [-0.2, 0) is 16.6 Å². The van der Waals surface area contributed by atoms with Crippen molar-refractivity contribution in [1.82, 2.24) is 4.72 Å². The van der Waals surface area contributed by atoms with Crippen LogP contribution in [0.1, 0.15) is 52.2 Å². The quantitative estimate of drug-likeness (QED) is 0.796. The van der Waals surface area contributed by atoms with Gasteiger partial charge in [0.2, 0.25) is 15.8 Å². The summed E-state index contributed by atoms with van der Waals surface area (Å²) in [6.45, 7) is 0.256. The van der Waals surface area contributed by atoms with E-state index in [0.717, 1.165) is 37.0 Å². The molecule has 0 saturated heterocycles. The van der Waals surface area contributed by atoms with Crippen LogP contribution in [0, 0.1) is 0 Å². The highest BCUT2D eigenvalue weighted by Crippen LogP contribution is 2.24. The molecule has 0 unspecified atom stereocenters. The number of hydrogen-bond acceptors (Lipinski definition) is 4. The van der Waals surface area contributed by atoms with E-state index in [4.69, 9.17) is 0 Å². The summed E-state index contributed by atoms with van der Waals surface area (Å²) in [7, 11) is -3.27. The maximum absolute atomic E-state index is 12.4. The molecule has 0 spiro atoms. The fraction of sp³-hybridized carbons (Fsp3) is 0.389. The normalized spacial score (nSPS) is 16.2. The molecular weight excluding hydrogens is 342 g/mol. The molecule has 4 nitrogen and oxygen atoms in total. The molecule has 1 fully saturated rings. The first-order valence-electron chi connectivity index (χ1n) is 8.23. The van der Waals surface area contributed by atoms with E-state index >= 15 is 0 Å². The first kappa shape index (κ1) is 17.3. The fourth-order valence-corrected chi connectivity index (χ4v) is 5.54. The molecule has 0 bridgehead atoms. The molecule has 2 aromatic rings. The third-order valence-electron chi connectivity index (χ3n) is 4.36. The largest absolute Gasteiger partial charge is 0.288 e. The Morgan fingerprint density at radius 3 is 2.46 bits per heavy atom. The summed E-state index contributed by atoms with van der Waals surface area (Å²) in [4.78, 5) is 13.9. The zero-order valence-corrected chi connectivity index (χ0v) is 15.0. The molecule has 3 rings (SSSR count). The zero-order chi connectivity index (χ0) is 17.0. The summed E-state index contributed by atoms with van der Waals surface area (Å²) in [5.74, 6) is -0.0259. The summed E-state index contributed by atoms with van der Waals surface area (Å²) in [6.07, 6.45) is 4.59. The molecule has 0 radical (unpaired) electrons. The molecule has 1 aromatic carbocycles. The van der Waals surface area contributed by atoms with Crippen LogP contribution in [0.25, 0.3) is 0 Å². The number of hydrogen-bond donors (Lipinski definition) is 1. The van der Waals surface area contributed by atoms with Gasteiger partial charge in [-0.25, -0.2) is 13.1 Å². The second-order valence-electron chi connectivity index (χ2n) is 6.09. The van der Waals surface area contributed by atoms with Crippen molar-refractivity contribution in [2.24, 2.45) is 0 Å². The second kappa shape index (κ2) is 7.59. The molecular formula is C18H21NO3S2. The highest BCUT2D eigenvalue weighted by Gasteiger charge is 2.26. The Morgan fingerprint density at radius 1 is 1.04 bits per heavy atom. The maximum Gasteiger partial charge on any atom is 0.214 e. The summed E-state index contributed by atoms with van der Waals surface area (Å²) in [5, 5.41) is -0.267. The lowest BCUT2D eigenvalue weighted by Crippen LogP contribution is -2.35. The molecule has 1 aliphatic carbocycles. The van der Waals surface area contributed by atoms with Gasteiger partial charge in [-0.15, -0.1) is 11.3 Å². The topological polar surface area (TPSA) is 63.2 Å². The Balaban J connectivity index is 1.63. The van der Waals surface area contributed by atoms with E-state index in [2.05, 4.69) is 4.72 Å². The zero-order valence-electron chi connectivity index (χ0n) is 13.4. The van der Waals surface area contributed by atoms with Gasteiger partial charge in [0, 0.05) is 17.0 Å². The number of carbonyl (C=O) groups is 1. The number of nitrogens with one attached hydrogen (secondary N) is 1. The Bertz CT molecular complexity index is 791. The van der Waals surface area contributed by atoms with Crippen molar-refractivity contribution in [3.8, 4) is 0 Å². The predicted octanol–water partition coefficient (Wildman–Crippen LogP) is 3.73. The minimum Gasteiger partial charge on any atom is -0.288 e. The Hall–Kier alpha value is -1.50. The van der Waals surface area contributed by atoms with Crippen LogP contribution in [0.15, 0.2) is 42.5 Å². The molecule has 0 aliphatic heterocycles. The van der Waals surface area contributed by atoms with Gasteiger partial charge in [0.25, 0.3) is 0 Å². The van der Waals surface area contributed by atoms with E-state index in [1.54, 1.807) is 18.2 Å². The molecule has 1 aliphatic rings. The average Bonchev–Trinajstić information content (AvgIpc) is 3.10. The molecule has 1 saturated carbocycles. The Morgan fingerprint density at radius 2 is 1.75 bits per heavy atom. The van der Waals surface area contributed by atoms with E-state index in [-0.39, 0.29) is 17.6 Å². The van der Waals surface area contributed by atoms with E-state index < -0.39 is 10.0 Å². The summed E-state index contributed by atoms with van der Waals surface area (Å²) in [5.41, 5.74) is 0.647. The van der Waals surface area contributed by atoms with Crippen LogP contribution >= 0.6 is 11.3 Å². The molecule has 1 N–H and O–H groups in total. The average molecular weight is 364 g/mol. The van der Waals surface area contributed by atoms with E-state index in [1.807, 2.05) is 24.3 Å². The highest BCUT2D eigenvalue weighted by atomic mass is 32.2. The lowest BCUT2D eigenvalue weighted by Gasteiger charge is -2.21. The minimum absolute atomic E-state index is 0.0259. The third-order valence-corrected chi connectivity index (χ3v) is 7.34. The van der Waals surface area contributed by atoms with Crippen LogP contribution in [0.4, 0.5) is 0 Å². The van der Waals surface area contributed by atoms with E-state index in [0.29, 0.717) is 10.4 Å². The molecule has 0 amide bonds. The van der Waals surface area contributed by atoms with Gasteiger partial charge in [-0.05, 0) is 25.0 Å². The first-order valence-corrected chi connectivity index (χ1v) is 10.6. The molecule has 24 heavy (non-hydrogen) atoms. The second-order valence-corrected chi connectivity index (χ2v) is 9.30. The van der Waals surface area contributed by atoms with Gasteiger partial charge in [0.05, 0.1) is 10.1 Å². The standard InChI is InChI=1S/C18H21NO3S2/c20-18(14-7-3-1-4-8-14)17-12-11-15(23-17)13-19-24(21,22)16-9-5-2-6-10-16/h1,3-4,7-8,11-12,16,19H,2,5-6,9-10,13H2.